The maximum absolute atomic E-state index is 13.2. The van der Waals surface area contributed by atoms with Crippen LogP contribution in [-0.2, 0) is 29.0 Å². The van der Waals surface area contributed by atoms with Gasteiger partial charge in [0.15, 0.2) is 0 Å². The van der Waals surface area contributed by atoms with E-state index in [0.29, 0.717) is 29.4 Å². The number of likely N-dealkylation sites (tertiary alicyclic amines) is 1. The van der Waals surface area contributed by atoms with Gasteiger partial charge in [0.2, 0.25) is 0 Å². The fourth-order valence-electron chi connectivity index (χ4n) is 5.44. The molecule has 1 fully saturated rings. The van der Waals surface area contributed by atoms with Crippen molar-refractivity contribution in [1.82, 2.24) is 19.4 Å². The Morgan fingerprint density at radius 3 is 2.53 bits per heavy atom. The molecule has 43 heavy (non-hydrogen) atoms. The number of anilines is 1. The van der Waals surface area contributed by atoms with E-state index >= 15 is 0 Å². The lowest BCUT2D eigenvalue weighted by atomic mass is 10.0. The fraction of sp³-hybridized carbons (Fsp3) is 0.533. The molecule has 0 saturated carbocycles. The van der Waals surface area contributed by atoms with Crippen molar-refractivity contribution in [2.24, 2.45) is 0 Å². The predicted octanol–water partition coefficient (Wildman–Crippen LogP) is 6.74. The topological polar surface area (TPSA) is 72.3 Å². The smallest absolute Gasteiger partial charge is 0.367 e. The third kappa shape index (κ3) is 8.54. The van der Waals surface area contributed by atoms with Crippen LogP contribution in [-0.4, -0.2) is 89.2 Å². The molecule has 1 aliphatic heterocycles. The van der Waals surface area contributed by atoms with Gasteiger partial charge in [-0.3, -0.25) is 4.90 Å². The quantitative estimate of drug-likeness (QED) is 0.143. The Kier molecular flexibility index (Phi) is 9.55. The molecule has 3 aromatic heterocycles. The summed E-state index contributed by atoms with van der Waals surface area (Å²) in [7, 11) is -3.14. The van der Waals surface area contributed by atoms with E-state index in [0.717, 1.165) is 65.9 Å². The molecular formula is C30H41F3N5O2PS2. The average Bonchev–Trinajstić information content (AvgIpc) is 3.47. The monoisotopic (exact) mass is 655 g/mol. The largest absolute Gasteiger partial charge is 0.393 e. The van der Waals surface area contributed by atoms with Gasteiger partial charge >= 0.3 is 6.18 Å². The first-order valence-corrected chi connectivity index (χ1v) is 20.8. The molecule has 1 aromatic carbocycles. The number of ether oxygens (including phenoxy) is 1. The van der Waals surface area contributed by atoms with E-state index in [-0.39, 0.29) is 10.9 Å². The Morgan fingerprint density at radius 2 is 1.86 bits per heavy atom. The molecule has 4 heterocycles. The molecular weight excluding hydrogens is 614 g/mol. The lowest BCUT2D eigenvalue weighted by molar-refractivity contribution is -0.126. The summed E-state index contributed by atoms with van der Waals surface area (Å²) in [5, 5.41) is 5.20. The summed E-state index contributed by atoms with van der Waals surface area (Å²) in [6.45, 7) is 7.29. The van der Waals surface area contributed by atoms with Crippen molar-refractivity contribution in [3.05, 3.63) is 47.1 Å². The van der Waals surface area contributed by atoms with Crippen molar-refractivity contribution < 1.29 is 22.5 Å². The van der Waals surface area contributed by atoms with Crippen molar-refractivity contribution in [2.45, 2.75) is 44.8 Å². The summed E-state index contributed by atoms with van der Waals surface area (Å²) < 4.78 is 60.0. The molecule has 0 bridgehead atoms. The van der Waals surface area contributed by atoms with Crippen molar-refractivity contribution in [3.8, 4) is 0 Å². The first kappa shape index (κ1) is 32.3. The molecule has 0 atom stereocenters. The highest BCUT2D eigenvalue weighted by molar-refractivity contribution is 8.32. The average molecular weight is 656 g/mol. The highest BCUT2D eigenvalue weighted by Crippen LogP contribution is 2.38. The van der Waals surface area contributed by atoms with Crippen LogP contribution in [0.5, 0.6) is 0 Å². The number of aromatic nitrogens is 3. The highest BCUT2D eigenvalue weighted by Gasteiger charge is 2.29. The normalized spacial score (nSPS) is 16.4. The minimum atomic E-state index is -4.25. The summed E-state index contributed by atoms with van der Waals surface area (Å²) >= 11 is 1.07. The Balaban J connectivity index is 1.21. The van der Waals surface area contributed by atoms with Crippen LogP contribution < -0.4 is 10.8 Å². The van der Waals surface area contributed by atoms with Gasteiger partial charge in [-0.05, 0) is 74.8 Å². The standard InChI is InChI=1S/C30H41F3N5O2PS2/c1-41(2,39)27-15-22-14-21(6-7-26(22)38(27)20-40-12-13-43(3,4)5)18-37-10-8-23(9-11-37)36-28-25-16-24(17-30(31,32)33)42-29(25)35-19-34-28/h6-7,14-16,19,23H,8-13,17-18,20H2,1-5H3,(H,34,35,36). The number of nitrogens with zero attached hydrogens (tertiary/aromatic N) is 4. The van der Waals surface area contributed by atoms with Gasteiger partial charge in [-0.15, -0.1) is 11.3 Å². The van der Waals surface area contributed by atoms with Gasteiger partial charge in [0.05, 0.1) is 29.4 Å². The zero-order chi connectivity index (χ0) is 31.0. The lowest BCUT2D eigenvalue weighted by Crippen LogP contribution is -2.38. The van der Waals surface area contributed by atoms with Crippen LogP contribution in [0.3, 0.4) is 0 Å². The van der Waals surface area contributed by atoms with Crippen molar-refractivity contribution in [2.75, 3.05) is 62.9 Å². The van der Waals surface area contributed by atoms with E-state index in [2.05, 4.69) is 67.8 Å². The summed E-state index contributed by atoms with van der Waals surface area (Å²) in [4.78, 5) is 11.8. The number of hydrogen-bond donors (Lipinski definition) is 1. The molecule has 7 nitrogen and oxygen atoms in total. The number of hydrogen-bond acceptors (Lipinski definition) is 7. The molecule has 1 aliphatic rings. The van der Waals surface area contributed by atoms with Crippen molar-refractivity contribution >= 4 is 60.9 Å². The predicted molar refractivity (Wildman–Crippen MR) is 176 cm³/mol. The lowest BCUT2D eigenvalue weighted by Gasteiger charge is -2.32. The minimum absolute atomic E-state index is 0.183. The highest BCUT2D eigenvalue weighted by atomic mass is 32.3. The second-order valence-electron chi connectivity index (χ2n) is 12.6. The van der Waals surface area contributed by atoms with Gasteiger partial charge in [0.25, 0.3) is 0 Å². The second-order valence-corrected chi connectivity index (χ2v) is 21.5. The maximum Gasteiger partial charge on any atom is 0.393 e. The number of alkyl halides is 3. The number of rotatable bonds is 11. The minimum Gasteiger partial charge on any atom is -0.367 e. The van der Waals surface area contributed by atoms with Crippen LogP contribution in [0.1, 0.15) is 23.3 Å². The van der Waals surface area contributed by atoms with E-state index in [1.165, 1.54) is 11.9 Å². The van der Waals surface area contributed by atoms with Crippen LogP contribution in [0.15, 0.2) is 36.7 Å². The molecule has 1 N–H and O–H groups in total. The summed E-state index contributed by atoms with van der Waals surface area (Å²) in [6.07, 6.45) is 4.84. The van der Waals surface area contributed by atoms with Crippen LogP contribution >= 0.6 is 28.5 Å². The number of piperidine rings is 1. The molecule has 1 saturated heterocycles. The van der Waals surface area contributed by atoms with Crippen LogP contribution in [0.4, 0.5) is 19.0 Å². The SMILES string of the molecule is CP(C)(=O)c1cc2cc(CN3CCC(Nc4ncnc5sc(CC(F)(F)F)cc45)CC3)ccc2n1COCCS(C)(C)C. The van der Waals surface area contributed by atoms with Gasteiger partial charge in [-0.2, -0.15) is 13.2 Å². The van der Waals surface area contributed by atoms with Gasteiger partial charge in [-0.25, -0.2) is 20.0 Å². The molecule has 5 rings (SSSR count). The van der Waals surface area contributed by atoms with Crippen molar-refractivity contribution in [3.63, 3.8) is 0 Å². The number of halogens is 3. The molecule has 0 spiro atoms. The Labute approximate surface area is 256 Å². The summed E-state index contributed by atoms with van der Waals surface area (Å²) in [6, 6.07) is 10.3. The maximum atomic E-state index is 13.2. The van der Waals surface area contributed by atoms with E-state index in [4.69, 9.17) is 4.74 Å². The summed E-state index contributed by atoms with van der Waals surface area (Å²) in [5.41, 5.74) is 3.08. The molecule has 236 valence electrons. The van der Waals surface area contributed by atoms with Crippen LogP contribution in [0, 0.1) is 0 Å². The van der Waals surface area contributed by atoms with Gasteiger partial charge in [0, 0.05) is 41.7 Å². The van der Waals surface area contributed by atoms with Gasteiger partial charge in [-0.1, -0.05) is 6.07 Å². The first-order chi connectivity index (χ1) is 20.1. The number of fused-ring (bicyclic) bond motifs is 2. The molecule has 0 unspecified atom stereocenters. The van der Waals surface area contributed by atoms with Crippen LogP contribution in [0.25, 0.3) is 21.1 Å². The number of thiophene rings is 1. The fourth-order valence-corrected chi connectivity index (χ4v) is 8.28. The molecule has 0 aliphatic carbocycles. The Bertz CT molecular complexity index is 1620. The molecule has 0 radical (unpaired) electrons. The third-order valence-corrected chi connectivity index (χ3v) is 11.6. The molecule has 0 amide bonds. The molecule has 13 heteroatoms. The summed E-state index contributed by atoms with van der Waals surface area (Å²) in [5.74, 6) is 1.64. The van der Waals surface area contributed by atoms with Gasteiger partial charge in [0.1, 0.15) is 30.8 Å². The zero-order valence-corrected chi connectivity index (χ0v) is 27.9. The number of benzene rings is 1. The number of nitrogens with one attached hydrogen (secondary N) is 1. The van der Waals surface area contributed by atoms with E-state index in [1.54, 1.807) is 6.07 Å². The van der Waals surface area contributed by atoms with Crippen LogP contribution in [0.2, 0.25) is 0 Å². The van der Waals surface area contributed by atoms with E-state index in [1.807, 2.05) is 13.3 Å². The third-order valence-electron chi connectivity index (χ3n) is 7.65. The van der Waals surface area contributed by atoms with Crippen molar-refractivity contribution in [1.29, 1.82) is 0 Å². The van der Waals surface area contributed by atoms with E-state index in [9.17, 15) is 17.7 Å². The van der Waals surface area contributed by atoms with Gasteiger partial charge < -0.3 is 19.2 Å². The second kappa shape index (κ2) is 12.7. The molecule has 4 aromatic rings. The Morgan fingerprint density at radius 1 is 1.12 bits per heavy atom. The first-order valence-electron chi connectivity index (χ1n) is 14.4. The Hall–Kier alpha value is -2.11. The zero-order valence-electron chi connectivity index (χ0n) is 25.4. The van der Waals surface area contributed by atoms with E-state index < -0.39 is 29.8 Å².